The molecule has 1 heterocycles. The van der Waals surface area contributed by atoms with Crippen LogP contribution < -0.4 is 5.32 Å². The maximum atomic E-state index is 12.9. The minimum absolute atomic E-state index is 0.0304. The first-order chi connectivity index (χ1) is 12.4. The lowest BCUT2D eigenvalue weighted by atomic mass is 9.82. The molecule has 2 atom stereocenters. The van der Waals surface area contributed by atoms with Gasteiger partial charge in [-0.2, -0.15) is 13.2 Å². The van der Waals surface area contributed by atoms with Gasteiger partial charge in [-0.1, -0.05) is 48.5 Å². The number of halogens is 3. The molecule has 1 saturated heterocycles. The summed E-state index contributed by atoms with van der Waals surface area (Å²) in [4.78, 5) is 0.0955. The minimum Gasteiger partial charge on any atom is -0.382 e. The highest BCUT2D eigenvalue weighted by atomic mass is 32.2. The third kappa shape index (κ3) is 4.59. The maximum Gasteiger partial charge on any atom is 0.446 e. The molecule has 1 aliphatic rings. The van der Waals surface area contributed by atoms with Gasteiger partial charge in [0.2, 0.25) is 0 Å². The summed E-state index contributed by atoms with van der Waals surface area (Å²) in [5.41, 5.74) is -4.75. The molecule has 2 aromatic carbocycles. The van der Waals surface area contributed by atoms with Gasteiger partial charge in [-0.05, 0) is 29.0 Å². The van der Waals surface area contributed by atoms with Crippen LogP contribution in [0.4, 0.5) is 13.2 Å². The Morgan fingerprint density at radius 2 is 1.77 bits per heavy atom. The van der Waals surface area contributed by atoms with Crippen LogP contribution in [-0.2, 0) is 16.8 Å². The Labute approximate surface area is 154 Å². The molecule has 0 saturated carbocycles. The molecular weight excluding hydrogens is 363 g/mol. The fourth-order valence-corrected chi connectivity index (χ4v) is 3.83. The fourth-order valence-electron chi connectivity index (χ4n) is 3.17. The molecule has 3 rings (SSSR count). The van der Waals surface area contributed by atoms with Crippen molar-refractivity contribution in [2.24, 2.45) is 0 Å². The lowest BCUT2D eigenvalue weighted by Crippen LogP contribution is -2.52. The first kappa shape index (κ1) is 19.2. The van der Waals surface area contributed by atoms with Crippen LogP contribution in [0, 0.1) is 0 Å². The predicted molar refractivity (Wildman–Crippen MR) is 95.0 cm³/mol. The van der Waals surface area contributed by atoms with Crippen molar-refractivity contribution < 1.29 is 23.0 Å². The van der Waals surface area contributed by atoms with E-state index >= 15 is 0 Å². The number of rotatable bonds is 5. The summed E-state index contributed by atoms with van der Waals surface area (Å²) in [7, 11) is 0. The largest absolute Gasteiger partial charge is 0.446 e. The van der Waals surface area contributed by atoms with Gasteiger partial charge in [0.1, 0.15) is 11.7 Å². The molecule has 7 heteroatoms. The highest BCUT2D eigenvalue weighted by Crippen LogP contribution is 2.41. The van der Waals surface area contributed by atoms with Crippen molar-refractivity contribution in [3.05, 3.63) is 65.7 Å². The van der Waals surface area contributed by atoms with Gasteiger partial charge in [-0.15, -0.1) is 0 Å². The standard InChI is InChI=1S/C19H20F3NO2S/c20-19(21,22)26-16-9-5-4-6-14(16)12-18(24,15-7-2-1-3-8-15)17-13-23-10-11-25-17/h1-9,17,23-24H,10-13H2/t17?,18-/m1/s1. The summed E-state index contributed by atoms with van der Waals surface area (Å²) < 4.78 is 44.5. The number of thioether (sulfide) groups is 1. The van der Waals surface area contributed by atoms with E-state index in [1.165, 1.54) is 6.07 Å². The average molecular weight is 383 g/mol. The number of hydrogen-bond acceptors (Lipinski definition) is 4. The van der Waals surface area contributed by atoms with Crippen LogP contribution in [0.1, 0.15) is 11.1 Å². The van der Waals surface area contributed by atoms with E-state index in [-0.39, 0.29) is 23.1 Å². The average Bonchev–Trinajstić information content (AvgIpc) is 2.63. The van der Waals surface area contributed by atoms with E-state index in [1.54, 1.807) is 42.5 Å². The lowest BCUT2D eigenvalue weighted by Gasteiger charge is -2.39. The van der Waals surface area contributed by atoms with Crippen molar-refractivity contribution >= 4 is 11.8 Å². The Kier molecular flexibility index (Phi) is 5.92. The van der Waals surface area contributed by atoms with Crippen molar-refractivity contribution in [2.45, 2.75) is 28.5 Å². The number of morpholine rings is 1. The molecule has 0 amide bonds. The van der Waals surface area contributed by atoms with Crippen molar-refractivity contribution in [2.75, 3.05) is 19.7 Å². The molecule has 1 unspecified atom stereocenters. The number of benzene rings is 2. The molecule has 140 valence electrons. The first-order valence-electron chi connectivity index (χ1n) is 8.32. The highest BCUT2D eigenvalue weighted by molar-refractivity contribution is 8.00. The number of aliphatic hydroxyl groups is 1. The van der Waals surface area contributed by atoms with Gasteiger partial charge in [-0.3, -0.25) is 0 Å². The van der Waals surface area contributed by atoms with E-state index in [0.717, 1.165) is 0 Å². The highest BCUT2D eigenvalue weighted by Gasteiger charge is 2.41. The molecule has 2 N–H and O–H groups in total. The van der Waals surface area contributed by atoms with Gasteiger partial charge in [0, 0.05) is 24.4 Å². The van der Waals surface area contributed by atoms with Crippen molar-refractivity contribution in [3.8, 4) is 0 Å². The summed E-state index contributed by atoms with van der Waals surface area (Å²) in [6.07, 6.45) is -0.523. The molecule has 1 aliphatic heterocycles. The summed E-state index contributed by atoms with van der Waals surface area (Å²) in [5.74, 6) is 0. The predicted octanol–water partition coefficient (Wildman–Crippen LogP) is 3.72. The molecule has 26 heavy (non-hydrogen) atoms. The van der Waals surface area contributed by atoms with Crippen LogP contribution in [0.15, 0.2) is 59.5 Å². The van der Waals surface area contributed by atoms with Gasteiger partial charge in [-0.25, -0.2) is 0 Å². The second-order valence-electron chi connectivity index (χ2n) is 6.19. The normalized spacial score (nSPS) is 20.5. The molecule has 0 bridgehead atoms. The van der Waals surface area contributed by atoms with Gasteiger partial charge < -0.3 is 15.2 Å². The van der Waals surface area contributed by atoms with Crippen LogP contribution >= 0.6 is 11.8 Å². The Morgan fingerprint density at radius 3 is 2.42 bits per heavy atom. The summed E-state index contributed by atoms with van der Waals surface area (Å²) in [6.45, 7) is 1.56. The molecule has 2 aromatic rings. The Bertz CT molecular complexity index is 720. The summed E-state index contributed by atoms with van der Waals surface area (Å²) in [6, 6.07) is 15.3. The monoisotopic (exact) mass is 383 g/mol. The summed E-state index contributed by atoms with van der Waals surface area (Å²) >= 11 is -0.158. The lowest BCUT2D eigenvalue weighted by molar-refractivity contribution is -0.124. The molecule has 0 spiro atoms. The SMILES string of the molecule is O[C@](Cc1ccccc1SC(F)(F)F)(c1ccccc1)C1CNCCO1. The molecule has 1 fully saturated rings. The Hall–Kier alpha value is -1.54. The quantitative estimate of drug-likeness (QED) is 0.773. The molecule has 0 aliphatic carbocycles. The Morgan fingerprint density at radius 1 is 1.08 bits per heavy atom. The minimum atomic E-state index is -4.39. The van der Waals surface area contributed by atoms with E-state index in [2.05, 4.69) is 5.32 Å². The van der Waals surface area contributed by atoms with Crippen LogP contribution in [0.5, 0.6) is 0 Å². The maximum absolute atomic E-state index is 12.9. The van der Waals surface area contributed by atoms with Crippen LogP contribution in [0.3, 0.4) is 0 Å². The smallest absolute Gasteiger partial charge is 0.382 e. The van der Waals surface area contributed by atoms with E-state index in [4.69, 9.17) is 4.74 Å². The van der Waals surface area contributed by atoms with Crippen molar-refractivity contribution in [3.63, 3.8) is 0 Å². The van der Waals surface area contributed by atoms with Gasteiger partial charge >= 0.3 is 5.51 Å². The van der Waals surface area contributed by atoms with Crippen LogP contribution in [0.2, 0.25) is 0 Å². The summed E-state index contributed by atoms with van der Waals surface area (Å²) in [5, 5.41) is 14.7. The van der Waals surface area contributed by atoms with Gasteiger partial charge in [0.05, 0.1) is 6.61 Å². The van der Waals surface area contributed by atoms with E-state index in [1.807, 2.05) is 6.07 Å². The molecule has 0 aromatic heterocycles. The van der Waals surface area contributed by atoms with Crippen molar-refractivity contribution in [1.29, 1.82) is 0 Å². The number of nitrogens with one attached hydrogen (secondary N) is 1. The second kappa shape index (κ2) is 8.00. The number of hydrogen-bond donors (Lipinski definition) is 2. The van der Waals surface area contributed by atoms with E-state index < -0.39 is 17.2 Å². The van der Waals surface area contributed by atoms with Crippen LogP contribution in [-0.4, -0.2) is 36.4 Å². The molecular formula is C19H20F3NO2S. The van der Waals surface area contributed by atoms with Gasteiger partial charge in [0.15, 0.2) is 0 Å². The van der Waals surface area contributed by atoms with Gasteiger partial charge in [0.25, 0.3) is 0 Å². The number of ether oxygens (including phenoxy) is 1. The zero-order chi connectivity index (χ0) is 18.6. The second-order valence-corrected chi connectivity index (χ2v) is 7.29. The zero-order valence-corrected chi connectivity index (χ0v) is 14.8. The fraction of sp³-hybridized carbons (Fsp3) is 0.368. The van der Waals surface area contributed by atoms with Crippen LogP contribution in [0.25, 0.3) is 0 Å². The topological polar surface area (TPSA) is 41.5 Å². The molecule has 0 radical (unpaired) electrons. The third-order valence-corrected chi connectivity index (χ3v) is 5.24. The number of alkyl halides is 3. The van der Waals surface area contributed by atoms with E-state index in [9.17, 15) is 18.3 Å². The van der Waals surface area contributed by atoms with Crippen molar-refractivity contribution in [1.82, 2.24) is 5.32 Å². The Balaban J connectivity index is 1.97. The molecule has 3 nitrogen and oxygen atoms in total. The zero-order valence-electron chi connectivity index (χ0n) is 14.0. The third-order valence-electron chi connectivity index (χ3n) is 4.39. The first-order valence-corrected chi connectivity index (χ1v) is 9.14. The van der Waals surface area contributed by atoms with E-state index in [0.29, 0.717) is 30.8 Å².